The van der Waals surface area contributed by atoms with Crippen LogP contribution in [-0.2, 0) is 16.0 Å². The van der Waals surface area contributed by atoms with Gasteiger partial charge in [0.05, 0.1) is 6.04 Å². The maximum absolute atomic E-state index is 13.1. The first kappa shape index (κ1) is 25.4. The molecule has 2 aliphatic rings. The van der Waals surface area contributed by atoms with Gasteiger partial charge in [-0.05, 0) is 55.4 Å². The summed E-state index contributed by atoms with van der Waals surface area (Å²) in [6, 6.07) is 14.1. The summed E-state index contributed by atoms with van der Waals surface area (Å²) in [5, 5.41) is 23.5. The largest absolute Gasteiger partial charge is 0.380 e. The van der Waals surface area contributed by atoms with Crippen molar-refractivity contribution in [2.75, 3.05) is 18.8 Å². The molecule has 2 aliphatic heterocycles. The van der Waals surface area contributed by atoms with E-state index in [1.165, 1.54) is 12.1 Å². The Morgan fingerprint density at radius 3 is 2.69 bits per heavy atom. The molecule has 8 heteroatoms. The van der Waals surface area contributed by atoms with E-state index in [1.54, 1.807) is 28.8 Å². The second-order valence-electron chi connectivity index (χ2n) is 9.25. The zero-order valence-electron chi connectivity index (χ0n) is 19.7. The summed E-state index contributed by atoms with van der Waals surface area (Å²) in [5.41, 5.74) is 3.12. The molecule has 4 rings (SSSR count). The summed E-state index contributed by atoms with van der Waals surface area (Å²) in [5.74, 6) is -0.556. The average molecular weight is 499 g/mol. The molecule has 0 radical (unpaired) electrons. The molecule has 0 aromatic heterocycles. The van der Waals surface area contributed by atoms with Crippen LogP contribution in [-0.4, -0.2) is 58.0 Å². The Labute approximate surface area is 209 Å². The normalized spacial score (nSPS) is 21.5. The van der Waals surface area contributed by atoms with Crippen LogP contribution in [0.3, 0.4) is 0 Å². The number of nitrogens with zero attached hydrogens (tertiary/aromatic N) is 1. The molecule has 2 aromatic rings. The van der Waals surface area contributed by atoms with Crippen LogP contribution < -0.4 is 5.32 Å². The molecule has 0 spiro atoms. The van der Waals surface area contributed by atoms with Crippen LogP contribution in [0.4, 0.5) is 4.39 Å². The highest BCUT2D eigenvalue weighted by atomic mass is 32.2. The van der Waals surface area contributed by atoms with Gasteiger partial charge in [0, 0.05) is 23.7 Å². The molecule has 3 N–H and O–H groups in total. The van der Waals surface area contributed by atoms with Crippen LogP contribution in [0.5, 0.6) is 0 Å². The molecule has 2 amide bonds. The highest BCUT2D eigenvalue weighted by Crippen LogP contribution is 2.33. The van der Waals surface area contributed by atoms with E-state index in [2.05, 4.69) is 11.4 Å². The van der Waals surface area contributed by atoms with E-state index in [0.29, 0.717) is 6.54 Å². The molecule has 1 fully saturated rings. The van der Waals surface area contributed by atoms with Crippen molar-refractivity contribution in [2.24, 2.45) is 5.92 Å². The number of likely N-dealkylation sites (tertiary alicyclic amines) is 1. The predicted molar refractivity (Wildman–Crippen MR) is 134 cm³/mol. The van der Waals surface area contributed by atoms with Crippen molar-refractivity contribution >= 4 is 23.6 Å². The van der Waals surface area contributed by atoms with E-state index in [0.717, 1.165) is 46.6 Å². The quantitative estimate of drug-likeness (QED) is 0.520. The monoisotopic (exact) mass is 498 g/mol. The molecule has 35 heavy (non-hydrogen) atoms. The maximum atomic E-state index is 13.1. The van der Waals surface area contributed by atoms with Gasteiger partial charge in [-0.25, -0.2) is 4.39 Å². The summed E-state index contributed by atoms with van der Waals surface area (Å²) in [6.45, 7) is 2.68. The number of aryl methyl sites for hydroxylation is 1. The Balaban J connectivity index is 1.29. The Morgan fingerprint density at radius 2 is 1.94 bits per heavy atom. The fourth-order valence-corrected chi connectivity index (χ4v) is 5.81. The number of allylic oxidation sites excluding steroid dienone is 1. The number of hydrogen-bond acceptors (Lipinski definition) is 5. The first-order valence-corrected chi connectivity index (χ1v) is 12.9. The number of carbonyl (C=O) groups excluding carboxylic acids is 2. The first-order valence-electron chi connectivity index (χ1n) is 11.9. The number of aliphatic hydroxyl groups excluding tert-OH is 2. The van der Waals surface area contributed by atoms with Crippen molar-refractivity contribution in [1.82, 2.24) is 10.2 Å². The molecule has 0 bridgehead atoms. The highest BCUT2D eigenvalue weighted by molar-refractivity contribution is 8.03. The van der Waals surface area contributed by atoms with Crippen LogP contribution in [0.25, 0.3) is 0 Å². The lowest BCUT2D eigenvalue weighted by atomic mass is 10.0. The average Bonchev–Trinajstić information content (AvgIpc) is 3.52. The van der Waals surface area contributed by atoms with Crippen LogP contribution in [0, 0.1) is 18.7 Å². The predicted octanol–water partition coefficient (Wildman–Crippen LogP) is 3.13. The molecule has 186 valence electrons. The van der Waals surface area contributed by atoms with E-state index < -0.39 is 24.0 Å². The summed E-state index contributed by atoms with van der Waals surface area (Å²) in [6.07, 6.45) is 0.746. The number of hydrogen-bond donors (Lipinski definition) is 3. The lowest BCUT2D eigenvalue weighted by Gasteiger charge is -2.28. The standard InChI is InChI=1S/C27H31FN2O4S/c1-17-4-2-5-20(12-17)23-6-3-11-30(23)27(34)25(32)24(31)26(33)29-15-22-14-19(16-35-22)13-18-7-9-21(28)10-8-18/h2,4-5,7-10,12,14,19,23-25,31-32H,3,6,11,13,15-16H2,1H3,(H,29,33)/t19?,23?,24-,25-/m1/s1. The molecule has 6 nitrogen and oxygen atoms in total. The van der Waals surface area contributed by atoms with Gasteiger partial charge >= 0.3 is 0 Å². The van der Waals surface area contributed by atoms with Gasteiger partial charge in [-0.2, -0.15) is 0 Å². The van der Waals surface area contributed by atoms with Crippen LogP contribution in [0.1, 0.15) is 35.6 Å². The smallest absolute Gasteiger partial charge is 0.255 e. The topological polar surface area (TPSA) is 89.9 Å². The number of nitrogens with one attached hydrogen (secondary N) is 1. The third kappa shape index (κ3) is 6.31. The van der Waals surface area contributed by atoms with Crippen LogP contribution >= 0.6 is 11.8 Å². The molecular formula is C27H31FN2O4S. The Kier molecular flexibility index (Phi) is 8.26. The number of aliphatic hydroxyl groups is 2. The van der Waals surface area contributed by atoms with Crippen molar-refractivity contribution in [3.8, 4) is 0 Å². The number of halogens is 1. The summed E-state index contributed by atoms with van der Waals surface area (Å²) in [4.78, 5) is 28.0. The molecule has 0 saturated carbocycles. The Bertz CT molecular complexity index is 1090. The zero-order valence-corrected chi connectivity index (χ0v) is 20.5. The lowest BCUT2D eigenvalue weighted by Crippen LogP contribution is -2.50. The number of carbonyl (C=O) groups is 2. The molecular weight excluding hydrogens is 467 g/mol. The number of benzene rings is 2. The van der Waals surface area contributed by atoms with E-state index in [1.807, 2.05) is 31.2 Å². The van der Waals surface area contributed by atoms with Crippen molar-refractivity contribution < 1.29 is 24.2 Å². The molecule has 1 saturated heterocycles. The first-order chi connectivity index (χ1) is 16.8. The molecule has 2 aromatic carbocycles. The lowest BCUT2D eigenvalue weighted by molar-refractivity contribution is -0.153. The van der Waals surface area contributed by atoms with E-state index >= 15 is 0 Å². The van der Waals surface area contributed by atoms with Crippen LogP contribution in [0.2, 0.25) is 0 Å². The maximum Gasteiger partial charge on any atom is 0.255 e. The van der Waals surface area contributed by atoms with Gasteiger partial charge in [0.25, 0.3) is 11.8 Å². The number of rotatable bonds is 8. The van der Waals surface area contributed by atoms with Gasteiger partial charge in [-0.3, -0.25) is 9.59 Å². The third-order valence-electron chi connectivity index (χ3n) is 6.54. The van der Waals surface area contributed by atoms with E-state index in [4.69, 9.17) is 0 Å². The summed E-state index contributed by atoms with van der Waals surface area (Å²) < 4.78 is 13.1. The highest BCUT2D eigenvalue weighted by Gasteiger charge is 2.38. The fraction of sp³-hybridized carbons (Fsp3) is 0.407. The van der Waals surface area contributed by atoms with Crippen molar-refractivity contribution in [3.63, 3.8) is 0 Å². The van der Waals surface area contributed by atoms with Gasteiger partial charge in [0.2, 0.25) is 0 Å². The van der Waals surface area contributed by atoms with Crippen LogP contribution in [0.15, 0.2) is 59.5 Å². The third-order valence-corrected chi connectivity index (χ3v) is 7.78. The zero-order chi connectivity index (χ0) is 24.9. The van der Waals surface area contributed by atoms with Gasteiger partial charge in [-0.1, -0.05) is 48.0 Å². The van der Waals surface area contributed by atoms with Gasteiger partial charge < -0.3 is 20.4 Å². The Hall–Kier alpha value is -2.68. The number of thioether (sulfide) groups is 1. The fourth-order valence-electron chi connectivity index (χ4n) is 4.71. The van der Waals surface area contributed by atoms with E-state index in [9.17, 15) is 24.2 Å². The van der Waals surface area contributed by atoms with Gasteiger partial charge in [0.15, 0.2) is 12.2 Å². The summed E-state index contributed by atoms with van der Waals surface area (Å²) >= 11 is 1.61. The number of amides is 2. The Morgan fingerprint density at radius 1 is 1.17 bits per heavy atom. The van der Waals surface area contributed by atoms with Gasteiger partial charge in [-0.15, -0.1) is 11.8 Å². The van der Waals surface area contributed by atoms with Gasteiger partial charge in [0.1, 0.15) is 5.82 Å². The minimum absolute atomic E-state index is 0.176. The molecule has 0 aliphatic carbocycles. The molecule has 2 heterocycles. The molecule has 2 unspecified atom stereocenters. The summed E-state index contributed by atoms with van der Waals surface area (Å²) in [7, 11) is 0. The second-order valence-corrected chi connectivity index (χ2v) is 10.4. The van der Waals surface area contributed by atoms with Crippen molar-refractivity contribution in [2.45, 2.75) is 44.4 Å². The minimum Gasteiger partial charge on any atom is -0.380 e. The second kappa shape index (κ2) is 11.4. The van der Waals surface area contributed by atoms with E-state index in [-0.39, 0.29) is 24.3 Å². The minimum atomic E-state index is -1.84. The van der Waals surface area contributed by atoms with Crippen molar-refractivity contribution in [1.29, 1.82) is 0 Å². The SMILES string of the molecule is Cc1cccc(C2CCCN2C(=O)[C@H](O)[C@@H](O)C(=O)NCC2=CC(Cc3ccc(F)cc3)CS2)c1. The van der Waals surface area contributed by atoms with Crippen molar-refractivity contribution in [3.05, 3.63) is 82.0 Å². The molecule has 4 atom stereocenters.